The lowest BCUT2D eigenvalue weighted by Crippen LogP contribution is -2.08. The van der Waals surface area contributed by atoms with Crippen LogP contribution in [0.2, 0.25) is 0 Å². The van der Waals surface area contributed by atoms with Crippen molar-refractivity contribution in [2.75, 3.05) is 11.9 Å². The van der Waals surface area contributed by atoms with Crippen molar-refractivity contribution >= 4 is 5.82 Å². The molecule has 1 heterocycles. The maximum absolute atomic E-state index is 12.4. The van der Waals surface area contributed by atoms with E-state index in [9.17, 15) is 8.78 Å². The van der Waals surface area contributed by atoms with Crippen molar-refractivity contribution in [3.05, 3.63) is 18.1 Å². The van der Waals surface area contributed by atoms with Crippen LogP contribution in [0, 0.1) is 5.92 Å². The van der Waals surface area contributed by atoms with Gasteiger partial charge in [0, 0.05) is 18.9 Å². The average Bonchev–Trinajstić information content (AvgIpc) is 2.98. The molecule has 0 radical (unpaired) electrons. The maximum atomic E-state index is 12.4. The zero-order chi connectivity index (χ0) is 9.97. The SMILES string of the molecule is FC(F)c1nccnc1NCC1CC1. The first-order chi connectivity index (χ1) is 6.77. The molecule has 0 unspecified atom stereocenters. The summed E-state index contributed by atoms with van der Waals surface area (Å²) in [6, 6.07) is 0. The summed E-state index contributed by atoms with van der Waals surface area (Å²) >= 11 is 0. The van der Waals surface area contributed by atoms with E-state index in [0.717, 1.165) is 6.54 Å². The van der Waals surface area contributed by atoms with Gasteiger partial charge in [-0.1, -0.05) is 0 Å². The second-order valence-corrected chi connectivity index (χ2v) is 3.42. The summed E-state index contributed by atoms with van der Waals surface area (Å²) in [6.45, 7) is 0.721. The normalized spacial score (nSPS) is 15.9. The number of nitrogens with zero attached hydrogens (tertiary/aromatic N) is 2. The molecule has 1 fully saturated rings. The van der Waals surface area contributed by atoms with Gasteiger partial charge in [-0.05, 0) is 18.8 Å². The van der Waals surface area contributed by atoms with E-state index in [-0.39, 0.29) is 11.5 Å². The predicted octanol–water partition coefficient (Wildman–Crippen LogP) is 2.24. The summed E-state index contributed by atoms with van der Waals surface area (Å²) in [6.07, 6.45) is 2.49. The van der Waals surface area contributed by atoms with Crippen molar-refractivity contribution in [2.45, 2.75) is 19.3 Å². The van der Waals surface area contributed by atoms with E-state index >= 15 is 0 Å². The summed E-state index contributed by atoms with van der Waals surface area (Å²) in [5, 5.41) is 2.90. The molecule has 76 valence electrons. The Bertz CT molecular complexity index is 313. The van der Waals surface area contributed by atoms with Crippen LogP contribution in [0.1, 0.15) is 25.0 Å². The number of hydrogen-bond acceptors (Lipinski definition) is 3. The highest BCUT2D eigenvalue weighted by molar-refractivity contribution is 5.40. The van der Waals surface area contributed by atoms with Crippen LogP contribution >= 0.6 is 0 Å². The molecule has 1 aromatic rings. The van der Waals surface area contributed by atoms with Gasteiger partial charge in [-0.15, -0.1) is 0 Å². The first kappa shape index (κ1) is 9.30. The van der Waals surface area contributed by atoms with Gasteiger partial charge in [0.2, 0.25) is 0 Å². The van der Waals surface area contributed by atoms with E-state index in [0.29, 0.717) is 5.92 Å². The minimum absolute atomic E-state index is 0.217. The summed E-state index contributed by atoms with van der Waals surface area (Å²) in [4.78, 5) is 7.45. The van der Waals surface area contributed by atoms with Gasteiger partial charge in [0.05, 0.1) is 0 Å². The molecule has 0 aromatic carbocycles. The van der Waals surface area contributed by atoms with E-state index in [1.54, 1.807) is 0 Å². The van der Waals surface area contributed by atoms with E-state index in [2.05, 4.69) is 15.3 Å². The Morgan fingerprint density at radius 2 is 2.07 bits per heavy atom. The molecule has 1 N–H and O–H groups in total. The third kappa shape index (κ3) is 2.16. The fourth-order valence-electron chi connectivity index (χ4n) is 1.21. The third-order valence-electron chi connectivity index (χ3n) is 2.19. The Morgan fingerprint density at radius 3 is 2.71 bits per heavy atom. The van der Waals surface area contributed by atoms with Crippen LogP contribution in [0.25, 0.3) is 0 Å². The number of hydrogen-bond donors (Lipinski definition) is 1. The second-order valence-electron chi connectivity index (χ2n) is 3.42. The van der Waals surface area contributed by atoms with Crippen molar-refractivity contribution in [1.29, 1.82) is 0 Å². The van der Waals surface area contributed by atoms with Crippen LogP contribution in [0.4, 0.5) is 14.6 Å². The molecule has 0 amide bonds. The van der Waals surface area contributed by atoms with Crippen LogP contribution in [-0.4, -0.2) is 16.5 Å². The van der Waals surface area contributed by atoms with Gasteiger partial charge in [-0.3, -0.25) is 0 Å². The Balaban J connectivity index is 2.05. The Labute approximate surface area is 80.6 Å². The fraction of sp³-hybridized carbons (Fsp3) is 0.556. The molecule has 1 aliphatic carbocycles. The van der Waals surface area contributed by atoms with Gasteiger partial charge in [0.25, 0.3) is 6.43 Å². The zero-order valence-electron chi connectivity index (χ0n) is 7.58. The summed E-state index contributed by atoms with van der Waals surface area (Å²) < 4.78 is 24.9. The minimum Gasteiger partial charge on any atom is -0.368 e. The van der Waals surface area contributed by atoms with Crippen molar-refractivity contribution in [3.8, 4) is 0 Å². The van der Waals surface area contributed by atoms with Crippen LogP contribution in [0.5, 0.6) is 0 Å². The summed E-state index contributed by atoms with van der Waals surface area (Å²) in [5.41, 5.74) is -0.256. The van der Waals surface area contributed by atoms with Crippen molar-refractivity contribution < 1.29 is 8.78 Å². The highest BCUT2D eigenvalue weighted by Gasteiger charge is 2.22. The number of halogens is 2. The van der Waals surface area contributed by atoms with Gasteiger partial charge in [-0.2, -0.15) is 0 Å². The van der Waals surface area contributed by atoms with Crippen molar-refractivity contribution in [1.82, 2.24) is 9.97 Å². The lowest BCUT2D eigenvalue weighted by atomic mass is 10.3. The first-order valence-electron chi connectivity index (χ1n) is 4.60. The fourth-order valence-corrected chi connectivity index (χ4v) is 1.21. The number of nitrogens with one attached hydrogen (secondary N) is 1. The van der Waals surface area contributed by atoms with Gasteiger partial charge >= 0.3 is 0 Å². The van der Waals surface area contributed by atoms with Gasteiger partial charge in [0.15, 0.2) is 5.82 Å². The molecule has 0 saturated heterocycles. The average molecular weight is 199 g/mol. The zero-order valence-corrected chi connectivity index (χ0v) is 7.58. The van der Waals surface area contributed by atoms with Gasteiger partial charge in [0.1, 0.15) is 5.69 Å². The van der Waals surface area contributed by atoms with Crippen LogP contribution in [0.3, 0.4) is 0 Å². The number of rotatable bonds is 4. The summed E-state index contributed by atoms with van der Waals surface area (Å²) in [5.74, 6) is 0.844. The molecule has 1 aliphatic rings. The maximum Gasteiger partial charge on any atom is 0.283 e. The highest BCUT2D eigenvalue weighted by Crippen LogP contribution is 2.30. The number of aromatic nitrogens is 2. The van der Waals surface area contributed by atoms with Gasteiger partial charge in [-0.25, -0.2) is 18.7 Å². The lowest BCUT2D eigenvalue weighted by molar-refractivity contribution is 0.146. The number of alkyl halides is 2. The number of anilines is 1. The molecule has 0 aliphatic heterocycles. The molecular formula is C9H11F2N3. The topological polar surface area (TPSA) is 37.8 Å². The highest BCUT2D eigenvalue weighted by atomic mass is 19.3. The standard InChI is InChI=1S/C9H11F2N3/c10-8(11)7-9(13-4-3-12-7)14-5-6-1-2-6/h3-4,6,8H,1-2,5H2,(H,13,14). The predicted molar refractivity (Wildman–Crippen MR) is 48.2 cm³/mol. The van der Waals surface area contributed by atoms with Crippen LogP contribution in [-0.2, 0) is 0 Å². The summed E-state index contributed by atoms with van der Waals surface area (Å²) in [7, 11) is 0. The molecule has 0 spiro atoms. The Kier molecular flexibility index (Phi) is 2.56. The van der Waals surface area contributed by atoms with Crippen LogP contribution in [0.15, 0.2) is 12.4 Å². The van der Waals surface area contributed by atoms with E-state index in [1.807, 2.05) is 0 Å². The third-order valence-corrected chi connectivity index (χ3v) is 2.19. The largest absolute Gasteiger partial charge is 0.368 e. The molecule has 5 heteroatoms. The van der Waals surface area contributed by atoms with Crippen molar-refractivity contribution in [2.24, 2.45) is 5.92 Å². The monoisotopic (exact) mass is 199 g/mol. The molecule has 1 saturated carbocycles. The molecule has 3 nitrogen and oxygen atoms in total. The van der Waals surface area contributed by atoms with E-state index in [1.165, 1.54) is 25.2 Å². The van der Waals surface area contributed by atoms with Crippen molar-refractivity contribution in [3.63, 3.8) is 0 Å². The quantitative estimate of drug-likeness (QED) is 0.808. The molecular weight excluding hydrogens is 188 g/mol. The van der Waals surface area contributed by atoms with Crippen LogP contribution < -0.4 is 5.32 Å². The van der Waals surface area contributed by atoms with E-state index in [4.69, 9.17) is 0 Å². The van der Waals surface area contributed by atoms with E-state index < -0.39 is 6.43 Å². The second kappa shape index (κ2) is 3.86. The Hall–Kier alpha value is -1.26. The Morgan fingerprint density at radius 1 is 1.36 bits per heavy atom. The molecule has 1 aromatic heterocycles. The molecule has 0 atom stereocenters. The molecule has 0 bridgehead atoms. The minimum atomic E-state index is -2.56. The lowest BCUT2D eigenvalue weighted by Gasteiger charge is -2.07. The first-order valence-corrected chi connectivity index (χ1v) is 4.60. The molecule has 2 rings (SSSR count). The smallest absolute Gasteiger partial charge is 0.283 e. The van der Waals surface area contributed by atoms with Gasteiger partial charge < -0.3 is 5.32 Å². The molecule has 14 heavy (non-hydrogen) atoms.